The summed E-state index contributed by atoms with van der Waals surface area (Å²) in [4.78, 5) is 45.9. The van der Waals surface area contributed by atoms with Gasteiger partial charge in [0.1, 0.15) is 5.82 Å². The Bertz CT molecular complexity index is 1070. The molecule has 8 nitrogen and oxygen atoms in total. The average Bonchev–Trinajstić information content (AvgIpc) is 3.18. The number of amides is 3. The predicted octanol–water partition coefficient (Wildman–Crippen LogP) is 3.82. The maximum atomic E-state index is 13.1. The van der Waals surface area contributed by atoms with E-state index in [1.807, 2.05) is 4.90 Å². The maximum absolute atomic E-state index is 13.1. The first-order valence-corrected chi connectivity index (χ1v) is 12.9. The molecule has 2 aliphatic rings. The summed E-state index contributed by atoms with van der Waals surface area (Å²) >= 11 is 1.19. The minimum absolute atomic E-state index is 0.0180. The number of hydrogen-bond donors (Lipinski definition) is 2. The zero-order valence-electron chi connectivity index (χ0n) is 20.2. The largest absolute Gasteiger partial charge is 0.336 e. The molecule has 4 rings (SSSR count). The number of carbonyl (C=O) groups is 3. The number of nitrogens with zero attached hydrogens (tertiary/aromatic N) is 3. The molecule has 2 fully saturated rings. The summed E-state index contributed by atoms with van der Waals surface area (Å²) in [5.74, 6) is -0.0132. The number of rotatable bonds is 7. The minimum atomic E-state index is -0.314. The monoisotopic (exact) mass is 501 g/mol. The van der Waals surface area contributed by atoms with E-state index in [-0.39, 0.29) is 35.5 Å². The van der Waals surface area contributed by atoms with Crippen molar-refractivity contribution in [2.24, 2.45) is 5.92 Å². The number of aromatic nitrogens is 1. The molecule has 2 atom stereocenters. The van der Waals surface area contributed by atoms with Crippen LogP contribution in [0.1, 0.15) is 53.5 Å². The normalized spacial score (nSPS) is 21.1. The summed E-state index contributed by atoms with van der Waals surface area (Å²) in [7, 11) is 0. The second kappa shape index (κ2) is 11.3. The zero-order valence-corrected chi connectivity index (χ0v) is 21.0. The van der Waals surface area contributed by atoms with Gasteiger partial charge in [-0.1, -0.05) is 36.3 Å². The van der Waals surface area contributed by atoms with E-state index in [1.165, 1.54) is 30.4 Å². The van der Waals surface area contributed by atoms with Crippen LogP contribution in [0.2, 0.25) is 0 Å². The molecule has 188 valence electrons. The summed E-state index contributed by atoms with van der Waals surface area (Å²) < 4.78 is 13.1. The Morgan fingerprint density at radius 1 is 1.17 bits per heavy atom. The number of Topliss-reactive ketones (excluding diaryl/α,β-unsaturated/α-hetero) is 1. The number of urea groups is 1. The van der Waals surface area contributed by atoms with Crippen LogP contribution in [0.15, 0.2) is 24.3 Å². The van der Waals surface area contributed by atoms with E-state index in [4.69, 9.17) is 0 Å². The number of hydrogen-bond acceptors (Lipinski definition) is 6. The van der Waals surface area contributed by atoms with E-state index in [0.29, 0.717) is 35.3 Å². The number of thiazole rings is 1. The van der Waals surface area contributed by atoms with Crippen molar-refractivity contribution in [3.8, 4) is 0 Å². The second-order valence-corrected chi connectivity index (χ2v) is 10.4. The molecule has 1 saturated carbocycles. The quantitative estimate of drug-likeness (QED) is 0.563. The third-order valence-electron chi connectivity index (χ3n) is 6.74. The molecule has 0 bridgehead atoms. The molecule has 2 heterocycles. The first-order chi connectivity index (χ1) is 16.8. The Hall–Kier alpha value is -2.85. The maximum Gasteiger partial charge on any atom is 0.321 e. The lowest BCUT2D eigenvalue weighted by molar-refractivity contribution is -0.137. The number of benzene rings is 1. The molecular weight excluding hydrogens is 469 g/mol. The third-order valence-corrected chi connectivity index (χ3v) is 7.91. The molecule has 3 amide bonds. The van der Waals surface area contributed by atoms with Gasteiger partial charge in [-0.3, -0.25) is 19.8 Å². The molecule has 1 aromatic carbocycles. The summed E-state index contributed by atoms with van der Waals surface area (Å²) in [5.41, 5.74) is 1.54. The highest BCUT2D eigenvalue weighted by atomic mass is 32.1. The van der Waals surface area contributed by atoms with Crippen LogP contribution in [0.25, 0.3) is 0 Å². The Morgan fingerprint density at radius 3 is 2.60 bits per heavy atom. The Balaban J connectivity index is 1.29. The second-order valence-electron chi connectivity index (χ2n) is 9.42. The number of halogens is 1. The highest BCUT2D eigenvalue weighted by molar-refractivity contribution is 7.17. The SMILES string of the molecule is CC(=O)c1sc(NC(=O)N[C@@H]2CCCC[C@H]2CN2CCN(Cc3ccc(F)cc3)C(=O)C2)nc1C. The van der Waals surface area contributed by atoms with Crippen molar-refractivity contribution in [1.82, 2.24) is 20.1 Å². The van der Waals surface area contributed by atoms with Crippen LogP contribution in [-0.2, 0) is 11.3 Å². The Kier molecular flexibility index (Phi) is 8.12. The standard InChI is InChI=1S/C25H32FN5O3S/c1-16-23(17(2)32)35-25(27-16)29-24(34)28-21-6-4-3-5-19(21)14-30-11-12-31(22(33)15-30)13-18-7-9-20(26)10-8-18/h7-10,19,21H,3-6,11-15H2,1-2H3,(H2,27,28,29,34)/t19-,21+/m0/s1. The fraction of sp³-hybridized carbons (Fsp3) is 0.520. The van der Waals surface area contributed by atoms with Gasteiger partial charge in [-0.25, -0.2) is 14.2 Å². The first kappa shape index (κ1) is 25.2. The highest BCUT2D eigenvalue weighted by Crippen LogP contribution is 2.27. The van der Waals surface area contributed by atoms with Gasteiger partial charge < -0.3 is 10.2 Å². The van der Waals surface area contributed by atoms with E-state index < -0.39 is 0 Å². The number of carbonyl (C=O) groups excluding carboxylic acids is 3. The van der Waals surface area contributed by atoms with Crippen molar-refractivity contribution in [3.05, 3.63) is 46.2 Å². The molecule has 1 aliphatic heterocycles. The molecular formula is C25H32FN5O3S. The lowest BCUT2D eigenvalue weighted by atomic mass is 9.84. The van der Waals surface area contributed by atoms with E-state index in [9.17, 15) is 18.8 Å². The van der Waals surface area contributed by atoms with Gasteiger partial charge in [-0.2, -0.15) is 0 Å². The molecule has 1 saturated heterocycles. The predicted molar refractivity (Wildman–Crippen MR) is 133 cm³/mol. The van der Waals surface area contributed by atoms with Crippen LogP contribution >= 0.6 is 11.3 Å². The van der Waals surface area contributed by atoms with Crippen LogP contribution in [0.4, 0.5) is 14.3 Å². The van der Waals surface area contributed by atoms with Gasteiger partial charge in [0.15, 0.2) is 10.9 Å². The van der Waals surface area contributed by atoms with Crippen molar-refractivity contribution in [2.45, 2.75) is 52.1 Å². The summed E-state index contributed by atoms with van der Waals surface area (Å²) in [6.07, 6.45) is 4.05. The smallest absolute Gasteiger partial charge is 0.321 e. The summed E-state index contributed by atoms with van der Waals surface area (Å²) in [5, 5.41) is 6.29. The summed E-state index contributed by atoms with van der Waals surface area (Å²) in [6.45, 7) is 6.24. The van der Waals surface area contributed by atoms with Gasteiger partial charge in [0.25, 0.3) is 0 Å². The summed E-state index contributed by atoms with van der Waals surface area (Å²) in [6, 6.07) is 5.97. The fourth-order valence-electron chi connectivity index (χ4n) is 4.92. The molecule has 0 spiro atoms. The Labute approximate surface area is 208 Å². The number of ketones is 1. The molecule has 0 unspecified atom stereocenters. The number of piperazine rings is 1. The van der Waals surface area contributed by atoms with Crippen molar-refractivity contribution in [3.63, 3.8) is 0 Å². The van der Waals surface area contributed by atoms with E-state index in [1.54, 1.807) is 19.1 Å². The fourth-order valence-corrected chi connectivity index (χ4v) is 5.77. The molecule has 2 aromatic rings. The van der Waals surface area contributed by atoms with E-state index in [0.717, 1.165) is 44.3 Å². The third kappa shape index (κ3) is 6.64. The van der Waals surface area contributed by atoms with E-state index in [2.05, 4.69) is 20.5 Å². The van der Waals surface area contributed by atoms with Crippen molar-refractivity contribution >= 4 is 34.2 Å². The average molecular weight is 502 g/mol. The Morgan fingerprint density at radius 2 is 1.91 bits per heavy atom. The topological polar surface area (TPSA) is 94.6 Å². The number of nitrogens with one attached hydrogen (secondary N) is 2. The van der Waals surface area contributed by atoms with Gasteiger partial charge in [-0.15, -0.1) is 0 Å². The lowest BCUT2D eigenvalue weighted by Gasteiger charge is -2.39. The number of aryl methyl sites for hydroxylation is 1. The lowest BCUT2D eigenvalue weighted by Crippen LogP contribution is -2.53. The molecule has 0 radical (unpaired) electrons. The van der Waals surface area contributed by atoms with Gasteiger partial charge in [-0.05, 0) is 43.4 Å². The van der Waals surface area contributed by atoms with Crippen molar-refractivity contribution in [1.29, 1.82) is 0 Å². The zero-order chi connectivity index (χ0) is 24.9. The van der Waals surface area contributed by atoms with Gasteiger partial charge in [0.2, 0.25) is 5.91 Å². The van der Waals surface area contributed by atoms with Gasteiger partial charge in [0.05, 0.1) is 17.1 Å². The molecule has 1 aliphatic carbocycles. The van der Waals surface area contributed by atoms with Crippen LogP contribution in [0.5, 0.6) is 0 Å². The molecule has 1 aromatic heterocycles. The highest BCUT2D eigenvalue weighted by Gasteiger charge is 2.31. The molecule has 2 N–H and O–H groups in total. The van der Waals surface area contributed by atoms with Crippen LogP contribution in [-0.4, -0.2) is 64.7 Å². The van der Waals surface area contributed by atoms with E-state index >= 15 is 0 Å². The van der Waals surface area contributed by atoms with Gasteiger partial charge in [0, 0.05) is 39.1 Å². The number of anilines is 1. The minimum Gasteiger partial charge on any atom is -0.336 e. The molecule has 35 heavy (non-hydrogen) atoms. The van der Waals surface area contributed by atoms with Crippen LogP contribution in [0.3, 0.4) is 0 Å². The van der Waals surface area contributed by atoms with Crippen molar-refractivity contribution in [2.75, 3.05) is 31.5 Å². The molecule has 10 heteroatoms. The van der Waals surface area contributed by atoms with Crippen molar-refractivity contribution < 1.29 is 18.8 Å². The van der Waals surface area contributed by atoms with Crippen LogP contribution in [0, 0.1) is 18.7 Å². The first-order valence-electron chi connectivity index (χ1n) is 12.1. The van der Waals surface area contributed by atoms with Gasteiger partial charge >= 0.3 is 6.03 Å². The van der Waals surface area contributed by atoms with Crippen LogP contribution < -0.4 is 10.6 Å².